The van der Waals surface area contributed by atoms with Gasteiger partial charge in [0.25, 0.3) is 0 Å². The van der Waals surface area contributed by atoms with Crippen LogP contribution in [-0.4, -0.2) is 9.97 Å². The van der Waals surface area contributed by atoms with Gasteiger partial charge in [-0.2, -0.15) is 0 Å². The van der Waals surface area contributed by atoms with E-state index in [2.05, 4.69) is 23.8 Å². The summed E-state index contributed by atoms with van der Waals surface area (Å²) >= 11 is 0. The SMILES string of the molecule is CCC(CC)c1nc(C)cc(N)n1. The van der Waals surface area contributed by atoms with Crippen LogP contribution in [0.4, 0.5) is 5.82 Å². The lowest BCUT2D eigenvalue weighted by molar-refractivity contribution is 0.600. The molecular formula is C10H17N3. The molecule has 2 N–H and O–H groups in total. The van der Waals surface area contributed by atoms with E-state index in [4.69, 9.17) is 5.73 Å². The Labute approximate surface area is 79.4 Å². The summed E-state index contributed by atoms with van der Waals surface area (Å²) in [5, 5.41) is 0. The van der Waals surface area contributed by atoms with E-state index in [1.54, 1.807) is 6.07 Å². The van der Waals surface area contributed by atoms with Crippen LogP contribution in [0.1, 0.15) is 44.1 Å². The zero-order valence-corrected chi connectivity index (χ0v) is 8.54. The Morgan fingerprint density at radius 2 is 1.92 bits per heavy atom. The molecule has 0 aromatic carbocycles. The van der Waals surface area contributed by atoms with Crippen LogP contribution in [-0.2, 0) is 0 Å². The Morgan fingerprint density at radius 1 is 1.31 bits per heavy atom. The van der Waals surface area contributed by atoms with E-state index in [9.17, 15) is 0 Å². The lowest BCUT2D eigenvalue weighted by Crippen LogP contribution is -2.06. The summed E-state index contributed by atoms with van der Waals surface area (Å²) in [6, 6.07) is 1.80. The summed E-state index contributed by atoms with van der Waals surface area (Å²) in [5.74, 6) is 1.92. The van der Waals surface area contributed by atoms with Gasteiger partial charge in [-0.05, 0) is 19.8 Å². The van der Waals surface area contributed by atoms with Crippen LogP contribution in [0.3, 0.4) is 0 Å². The summed E-state index contributed by atoms with van der Waals surface area (Å²) in [6.07, 6.45) is 2.14. The molecule has 1 heterocycles. The van der Waals surface area contributed by atoms with Crippen molar-refractivity contribution in [1.82, 2.24) is 9.97 Å². The molecule has 1 aromatic heterocycles. The maximum absolute atomic E-state index is 5.66. The van der Waals surface area contributed by atoms with Crippen LogP contribution in [0, 0.1) is 6.92 Å². The molecule has 0 unspecified atom stereocenters. The van der Waals surface area contributed by atoms with Crippen LogP contribution in [0.5, 0.6) is 0 Å². The molecule has 0 atom stereocenters. The van der Waals surface area contributed by atoms with Gasteiger partial charge in [-0.15, -0.1) is 0 Å². The number of rotatable bonds is 3. The van der Waals surface area contributed by atoms with Gasteiger partial charge >= 0.3 is 0 Å². The highest BCUT2D eigenvalue weighted by atomic mass is 14.9. The number of hydrogen-bond acceptors (Lipinski definition) is 3. The zero-order valence-electron chi connectivity index (χ0n) is 8.54. The first-order valence-electron chi connectivity index (χ1n) is 4.78. The molecule has 13 heavy (non-hydrogen) atoms. The maximum atomic E-state index is 5.66. The highest BCUT2D eigenvalue weighted by Crippen LogP contribution is 2.20. The third-order valence-corrected chi connectivity index (χ3v) is 2.24. The number of nitrogens with two attached hydrogens (primary N) is 1. The fourth-order valence-corrected chi connectivity index (χ4v) is 1.45. The molecule has 0 aliphatic heterocycles. The predicted molar refractivity (Wildman–Crippen MR) is 54.5 cm³/mol. The molecule has 0 aliphatic carbocycles. The molecule has 0 saturated heterocycles. The van der Waals surface area contributed by atoms with Crippen molar-refractivity contribution in [1.29, 1.82) is 0 Å². The van der Waals surface area contributed by atoms with Gasteiger partial charge in [0.15, 0.2) is 0 Å². The Morgan fingerprint density at radius 3 is 2.38 bits per heavy atom. The minimum atomic E-state index is 0.446. The molecule has 3 heteroatoms. The first-order valence-corrected chi connectivity index (χ1v) is 4.78. The van der Waals surface area contributed by atoms with E-state index in [1.807, 2.05) is 6.92 Å². The van der Waals surface area contributed by atoms with Gasteiger partial charge in [-0.3, -0.25) is 0 Å². The molecular weight excluding hydrogens is 162 g/mol. The van der Waals surface area contributed by atoms with E-state index in [1.165, 1.54) is 0 Å². The molecule has 0 spiro atoms. The van der Waals surface area contributed by atoms with Crippen molar-refractivity contribution in [3.05, 3.63) is 17.6 Å². The number of aromatic nitrogens is 2. The number of anilines is 1. The van der Waals surface area contributed by atoms with Gasteiger partial charge < -0.3 is 5.73 Å². The van der Waals surface area contributed by atoms with Crippen molar-refractivity contribution in [2.45, 2.75) is 39.5 Å². The van der Waals surface area contributed by atoms with E-state index < -0.39 is 0 Å². The smallest absolute Gasteiger partial charge is 0.134 e. The molecule has 0 saturated carbocycles. The van der Waals surface area contributed by atoms with Gasteiger partial charge in [0.1, 0.15) is 11.6 Å². The molecule has 0 fully saturated rings. The van der Waals surface area contributed by atoms with Gasteiger partial charge in [0, 0.05) is 17.7 Å². The van der Waals surface area contributed by atoms with E-state index in [0.717, 1.165) is 24.4 Å². The van der Waals surface area contributed by atoms with E-state index in [0.29, 0.717) is 11.7 Å². The Hall–Kier alpha value is -1.12. The zero-order chi connectivity index (χ0) is 9.84. The summed E-state index contributed by atoms with van der Waals surface area (Å²) in [4.78, 5) is 8.63. The number of hydrogen-bond donors (Lipinski definition) is 1. The van der Waals surface area contributed by atoms with Crippen LogP contribution >= 0.6 is 0 Å². The van der Waals surface area contributed by atoms with Crippen molar-refractivity contribution < 1.29 is 0 Å². The van der Waals surface area contributed by atoms with Crippen molar-refractivity contribution >= 4 is 5.82 Å². The van der Waals surface area contributed by atoms with Crippen LogP contribution < -0.4 is 5.73 Å². The van der Waals surface area contributed by atoms with Gasteiger partial charge in [-0.25, -0.2) is 9.97 Å². The van der Waals surface area contributed by atoms with Crippen LogP contribution in [0.15, 0.2) is 6.07 Å². The molecule has 0 aliphatic rings. The monoisotopic (exact) mass is 179 g/mol. The fraction of sp³-hybridized carbons (Fsp3) is 0.600. The average molecular weight is 179 g/mol. The second kappa shape index (κ2) is 4.21. The molecule has 0 amide bonds. The number of aryl methyl sites for hydroxylation is 1. The minimum Gasteiger partial charge on any atom is -0.384 e. The molecule has 0 radical (unpaired) electrons. The summed E-state index contributed by atoms with van der Waals surface area (Å²) in [5.41, 5.74) is 6.61. The Balaban J connectivity index is 2.99. The van der Waals surface area contributed by atoms with E-state index in [-0.39, 0.29) is 0 Å². The third kappa shape index (κ3) is 2.41. The van der Waals surface area contributed by atoms with Crippen molar-refractivity contribution in [3.63, 3.8) is 0 Å². The topological polar surface area (TPSA) is 51.8 Å². The van der Waals surface area contributed by atoms with Crippen LogP contribution in [0.25, 0.3) is 0 Å². The molecule has 3 nitrogen and oxygen atoms in total. The first kappa shape index (κ1) is 9.96. The largest absolute Gasteiger partial charge is 0.384 e. The minimum absolute atomic E-state index is 0.446. The lowest BCUT2D eigenvalue weighted by atomic mass is 10.0. The molecule has 72 valence electrons. The first-order chi connectivity index (χ1) is 6.17. The summed E-state index contributed by atoms with van der Waals surface area (Å²) in [6.45, 7) is 6.25. The number of nitrogens with zero attached hydrogens (tertiary/aromatic N) is 2. The maximum Gasteiger partial charge on any atom is 0.134 e. The molecule has 1 aromatic rings. The summed E-state index contributed by atoms with van der Waals surface area (Å²) < 4.78 is 0. The third-order valence-electron chi connectivity index (χ3n) is 2.24. The van der Waals surface area contributed by atoms with Crippen molar-refractivity contribution in [2.75, 3.05) is 5.73 Å². The van der Waals surface area contributed by atoms with E-state index >= 15 is 0 Å². The quantitative estimate of drug-likeness (QED) is 0.774. The Bertz CT molecular complexity index is 259. The second-order valence-corrected chi connectivity index (χ2v) is 3.31. The molecule has 0 bridgehead atoms. The van der Waals surface area contributed by atoms with Gasteiger partial charge in [0.05, 0.1) is 0 Å². The van der Waals surface area contributed by atoms with Gasteiger partial charge in [-0.1, -0.05) is 13.8 Å². The highest BCUT2D eigenvalue weighted by Gasteiger charge is 2.10. The lowest BCUT2D eigenvalue weighted by Gasteiger charge is -2.11. The fourth-order valence-electron chi connectivity index (χ4n) is 1.45. The Kier molecular flexibility index (Phi) is 3.23. The highest BCUT2D eigenvalue weighted by molar-refractivity contribution is 5.29. The second-order valence-electron chi connectivity index (χ2n) is 3.31. The predicted octanol–water partition coefficient (Wildman–Crippen LogP) is 2.27. The standard InChI is InChI=1S/C10H17N3/c1-4-8(5-2)10-12-7(3)6-9(11)13-10/h6,8H,4-5H2,1-3H3,(H2,11,12,13). The average Bonchev–Trinajstić information content (AvgIpc) is 2.04. The number of nitrogen functional groups attached to an aromatic ring is 1. The van der Waals surface area contributed by atoms with Crippen LogP contribution in [0.2, 0.25) is 0 Å². The molecule has 1 rings (SSSR count). The van der Waals surface area contributed by atoms with Crippen molar-refractivity contribution in [3.8, 4) is 0 Å². The van der Waals surface area contributed by atoms with Gasteiger partial charge in [0.2, 0.25) is 0 Å². The van der Waals surface area contributed by atoms with Crippen molar-refractivity contribution in [2.24, 2.45) is 0 Å². The summed E-state index contributed by atoms with van der Waals surface area (Å²) in [7, 11) is 0. The normalized spacial score (nSPS) is 10.8.